The molecule has 8 heavy (non-hydrogen) atoms. The molecule has 0 unspecified atom stereocenters. The van der Waals surface area contributed by atoms with Gasteiger partial charge in [-0.15, -0.1) is 0 Å². The first-order valence-corrected chi connectivity index (χ1v) is 2.90. The van der Waals surface area contributed by atoms with Gasteiger partial charge < -0.3 is 6.92 Å². The van der Waals surface area contributed by atoms with Gasteiger partial charge in [-0.1, -0.05) is 24.1 Å². The molecule has 0 rings (SSSR count). The normalized spacial score (nSPS) is 9.25. The molecule has 0 aliphatic rings. The minimum Gasteiger partial charge on any atom is -0.343 e. The van der Waals surface area contributed by atoms with Gasteiger partial charge in [-0.25, -0.2) is 0 Å². The molecule has 0 nitrogen and oxygen atoms in total. The fraction of sp³-hybridized carbons (Fsp3) is 0.500. The van der Waals surface area contributed by atoms with Crippen LogP contribution in [-0.2, 0) is 0 Å². The quantitative estimate of drug-likeness (QED) is 0.277. The van der Waals surface area contributed by atoms with Crippen molar-refractivity contribution in [2.24, 2.45) is 0 Å². The van der Waals surface area contributed by atoms with Crippen LogP contribution in [0.1, 0.15) is 19.3 Å². The maximum Gasteiger partial charge on any atom is 1.00 e. The minimum atomic E-state index is 0. The molecule has 0 saturated carbocycles. The first-order valence-electron chi connectivity index (χ1n) is 2.46. The van der Waals surface area contributed by atoms with E-state index in [1.54, 1.807) is 5.54 Å². The molecule has 0 N–H and O–H groups in total. The summed E-state index contributed by atoms with van der Waals surface area (Å²) in [4.78, 5) is 0. The molecule has 2 heteroatoms. The van der Waals surface area contributed by atoms with Gasteiger partial charge >= 0.3 is 18.9 Å². The van der Waals surface area contributed by atoms with Crippen LogP contribution in [0.15, 0.2) is 11.6 Å². The fourth-order valence-corrected chi connectivity index (χ4v) is 0.451. The van der Waals surface area contributed by atoms with Crippen LogP contribution in [0.5, 0.6) is 0 Å². The van der Waals surface area contributed by atoms with Crippen molar-refractivity contribution in [3.05, 3.63) is 18.5 Å². The smallest absolute Gasteiger partial charge is 0.343 e. The van der Waals surface area contributed by atoms with Gasteiger partial charge in [-0.05, 0) is 6.42 Å². The van der Waals surface area contributed by atoms with E-state index in [9.17, 15) is 0 Å². The number of hydrogen-bond donors (Lipinski definition) is 0. The topological polar surface area (TPSA) is 0 Å². The summed E-state index contributed by atoms with van der Waals surface area (Å²) in [7, 11) is 0. The van der Waals surface area contributed by atoms with Gasteiger partial charge in [0, 0.05) is 5.54 Å². The molecule has 0 heterocycles. The van der Waals surface area contributed by atoms with Crippen molar-refractivity contribution in [1.82, 2.24) is 0 Å². The van der Waals surface area contributed by atoms with Crippen molar-refractivity contribution in [1.29, 1.82) is 0 Å². The Morgan fingerprint density at radius 3 is 2.50 bits per heavy atom. The van der Waals surface area contributed by atoms with Crippen LogP contribution in [-0.4, -0.2) is 0 Å². The van der Waals surface area contributed by atoms with Crippen LogP contribution >= 0.6 is 11.6 Å². The van der Waals surface area contributed by atoms with E-state index in [0.29, 0.717) is 0 Å². The number of hydrogen-bond acceptors (Lipinski definition) is 0. The van der Waals surface area contributed by atoms with Crippen LogP contribution in [0.2, 0.25) is 0 Å². The molecule has 0 aliphatic heterocycles. The molecular formula is C6H10ClLi. The second-order valence-corrected chi connectivity index (χ2v) is 1.61. The molecule has 0 saturated heterocycles. The van der Waals surface area contributed by atoms with E-state index in [0.717, 1.165) is 19.3 Å². The number of halogens is 1. The fourth-order valence-electron chi connectivity index (χ4n) is 0.325. The molecule has 0 spiro atoms. The SMILES string of the molecule is [CH2-]CCC/C=C/Cl.[Li+]. The van der Waals surface area contributed by atoms with E-state index in [4.69, 9.17) is 11.6 Å². The average molecular weight is 125 g/mol. The summed E-state index contributed by atoms with van der Waals surface area (Å²) in [6.07, 6.45) is 5.14. The Morgan fingerprint density at radius 2 is 2.12 bits per heavy atom. The molecule has 0 amide bonds. The largest absolute Gasteiger partial charge is 1.00 e. The summed E-state index contributed by atoms with van der Waals surface area (Å²) >= 11 is 5.24. The zero-order valence-corrected chi connectivity index (χ0v) is 6.12. The molecule has 0 aromatic heterocycles. The second-order valence-electron chi connectivity index (χ2n) is 1.36. The third-order valence-corrected chi connectivity index (χ3v) is 0.888. The van der Waals surface area contributed by atoms with Crippen molar-refractivity contribution < 1.29 is 18.9 Å². The van der Waals surface area contributed by atoms with Crippen molar-refractivity contribution in [3.63, 3.8) is 0 Å². The van der Waals surface area contributed by atoms with E-state index in [1.807, 2.05) is 6.08 Å². The Morgan fingerprint density at radius 1 is 1.50 bits per heavy atom. The zero-order chi connectivity index (χ0) is 5.54. The van der Waals surface area contributed by atoms with Gasteiger partial charge in [0.15, 0.2) is 0 Å². The van der Waals surface area contributed by atoms with Crippen molar-refractivity contribution in [2.75, 3.05) is 0 Å². The Balaban J connectivity index is 0. The van der Waals surface area contributed by atoms with E-state index in [1.165, 1.54) is 0 Å². The maximum atomic E-state index is 5.24. The van der Waals surface area contributed by atoms with Gasteiger partial charge in [0.2, 0.25) is 0 Å². The van der Waals surface area contributed by atoms with Gasteiger partial charge in [-0.2, -0.15) is 6.42 Å². The first-order chi connectivity index (χ1) is 3.41. The average Bonchev–Trinajstić information content (AvgIpc) is 1.69. The van der Waals surface area contributed by atoms with Crippen molar-refractivity contribution in [3.8, 4) is 0 Å². The summed E-state index contributed by atoms with van der Waals surface area (Å²) in [5.41, 5.74) is 1.55. The molecule has 0 radical (unpaired) electrons. The first kappa shape index (κ1) is 11.4. The summed E-state index contributed by atoms with van der Waals surface area (Å²) in [6.45, 7) is 3.68. The van der Waals surface area contributed by atoms with Crippen molar-refractivity contribution in [2.45, 2.75) is 19.3 Å². The molecule has 0 bridgehead atoms. The predicted molar refractivity (Wildman–Crippen MR) is 34.2 cm³/mol. The molecule has 0 fully saturated rings. The summed E-state index contributed by atoms with van der Waals surface area (Å²) < 4.78 is 0. The van der Waals surface area contributed by atoms with Gasteiger partial charge in [-0.3, -0.25) is 0 Å². The summed E-state index contributed by atoms with van der Waals surface area (Å²) in [5.74, 6) is 0. The number of allylic oxidation sites excluding steroid dienone is 1. The van der Waals surface area contributed by atoms with Crippen LogP contribution in [0.4, 0.5) is 0 Å². The standard InChI is InChI=1S/C6H10Cl.Li/c1-2-3-4-5-6-7;/h5-6H,1-4H2;/q-1;+1/b6-5+;. The van der Waals surface area contributed by atoms with Crippen molar-refractivity contribution >= 4 is 11.6 Å². The number of rotatable bonds is 3. The van der Waals surface area contributed by atoms with Crippen LogP contribution in [0.3, 0.4) is 0 Å². The van der Waals surface area contributed by atoms with Gasteiger partial charge in [0.25, 0.3) is 0 Å². The van der Waals surface area contributed by atoms with Crippen LogP contribution in [0, 0.1) is 6.92 Å². The maximum absolute atomic E-state index is 5.24. The van der Waals surface area contributed by atoms with E-state index in [2.05, 4.69) is 6.92 Å². The van der Waals surface area contributed by atoms with E-state index >= 15 is 0 Å². The van der Waals surface area contributed by atoms with Crippen LogP contribution < -0.4 is 18.9 Å². The summed E-state index contributed by atoms with van der Waals surface area (Å²) in [6, 6.07) is 0. The minimum absolute atomic E-state index is 0. The monoisotopic (exact) mass is 124 g/mol. The Hall–Kier alpha value is 0.627. The summed E-state index contributed by atoms with van der Waals surface area (Å²) in [5, 5.41) is 0. The third kappa shape index (κ3) is 9.80. The Kier molecular flexibility index (Phi) is 15.1. The van der Waals surface area contributed by atoms with E-state index in [-0.39, 0.29) is 18.9 Å². The Bertz CT molecular complexity index is 52.5. The molecule has 0 aromatic carbocycles. The molecular weight excluding hydrogens is 114 g/mol. The molecule has 0 aliphatic carbocycles. The molecule has 0 aromatic rings. The molecule has 0 atom stereocenters. The third-order valence-electron chi connectivity index (χ3n) is 0.710. The zero-order valence-electron chi connectivity index (χ0n) is 5.36. The predicted octanol–water partition coefficient (Wildman–Crippen LogP) is -0.253. The number of unbranched alkanes of at least 4 members (excludes halogenated alkanes) is 2. The molecule has 42 valence electrons. The van der Waals surface area contributed by atoms with Gasteiger partial charge in [0.05, 0.1) is 0 Å². The van der Waals surface area contributed by atoms with Crippen LogP contribution in [0.25, 0.3) is 0 Å². The Labute approximate surface area is 68.5 Å². The van der Waals surface area contributed by atoms with E-state index < -0.39 is 0 Å². The second kappa shape index (κ2) is 10.6. The van der Waals surface area contributed by atoms with Gasteiger partial charge in [0.1, 0.15) is 0 Å².